The number of nitrogens with two attached hydrogens (primary N) is 1. The molecule has 0 rings (SSSR count). The van der Waals surface area contributed by atoms with Gasteiger partial charge in [0.25, 0.3) is 0 Å². The molecule has 0 amide bonds. The molecule has 11 heavy (non-hydrogen) atoms. The normalized spacial score (nSPS) is 10.7. The van der Waals surface area contributed by atoms with Crippen molar-refractivity contribution < 1.29 is 8.42 Å². The third-order valence-electron chi connectivity index (χ3n) is 0.980. The van der Waals surface area contributed by atoms with Crippen LogP contribution in [0.25, 0.3) is 0 Å². The standard InChI is InChI=1S/C5H13NO2S.C2H6/c1-5(2)3-4-9(6,7)8;1-2/h5H,3-4H2,1-2H3,(H2,6,7,8);1-2H3. The third kappa shape index (κ3) is 17.8. The van der Waals surface area contributed by atoms with Crippen LogP contribution < -0.4 is 5.14 Å². The van der Waals surface area contributed by atoms with Gasteiger partial charge in [-0.15, -0.1) is 0 Å². The maximum atomic E-state index is 10.3. The number of rotatable bonds is 3. The zero-order chi connectivity index (χ0) is 9.49. The Morgan fingerprint density at radius 3 is 1.73 bits per heavy atom. The van der Waals surface area contributed by atoms with E-state index < -0.39 is 10.0 Å². The lowest BCUT2D eigenvalue weighted by molar-refractivity contribution is 0.575. The van der Waals surface area contributed by atoms with Crippen molar-refractivity contribution in [1.29, 1.82) is 0 Å². The van der Waals surface area contributed by atoms with Crippen LogP contribution in [0.15, 0.2) is 0 Å². The van der Waals surface area contributed by atoms with Gasteiger partial charge in [-0.25, -0.2) is 13.6 Å². The first-order valence-electron chi connectivity index (χ1n) is 3.92. The van der Waals surface area contributed by atoms with Gasteiger partial charge >= 0.3 is 0 Å². The molecule has 0 radical (unpaired) electrons. The van der Waals surface area contributed by atoms with Crippen LogP contribution in [-0.2, 0) is 10.0 Å². The average Bonchev–Trinajstić information content (AvgIpc) is 1.87. The van der Waals surface area contributed by atoms with Gasteiger partial charge in [0.1, 0.15) is 0 Å². The van der Waals surface area contributed by atoms with Gasteiger partial charge in [-0.05, 0) is 12.3 Å². The lowest BCUT2D eigenvalue weighted by Crippen LogP contribution is -2.17. The van der Waals surface area contributed by atoms with Crippen molar-refractivity contribution in [3.63, 3.8) is 0 Å². The summed E-state index contributed by atoms with van der Waals surface area (Å²) in [6, 6.07) is 0. The first-order chi connectivity index (χ1) is 4.92. The Morgan fingerprint density at radius 1 is 1.27 bits per heavy atom. The molecule has 0 saturated heterocycles. The molecule has 0 aromatic carbocycles. The highest BCUT2D eigenvalue weighted by Gasteiger charge is 2.02. The van der Waals surface area contributed by atoms with Crippen molar-refractivity contribution in [2.45, 2.75) is 34.1 Å². The molecule has 0 aromatic heterocycles. The molecular weight excluding hydrogens is 162 g/mol. The molecule has 4 heteroatoms. The van der Waals surface area contributed by atoms with Crippen LogP contribution in [0.5, 0.6) is 0 Å². The zero-order valence-electron chi connectivity index (χ0n) is 7.79. The fourth-order valence-electron chi connectivity index (χ4n) is 0.400. The van der Waals surface area contributed by atoms with Gasteiger partial charge < -0.3 is 0 Å². The van der Waals surface area contributed by atoms with Gasteiger partial charge in [0.05, 0.1) is 5.75 Å². The Balaban J connectivity index is 0. The van der Waals surface area contributed by atoms with Gasteiger partial charge in [-0.2, -0.15) is 0 Å². The average molecular weight is 181 g/mol. The van der Waals surface area contributed by atoms with Gasteiger partial charge in [-0.3, -0.25) is 0 Å². The monoisotopic (exact) mass is 181 g/mol. The highest BCUT2D eigenvalue weighted by molar-refractivity contribution is 7.89. The number of hydrogen-bond donors (Lipinski definition) is 1. The van der Waals surface area contributed by atoms with E-state index in [1.54, 1.807) is 0 Å². The Morgan fingerprint density at radius 2 is 1.64 bits per heavy atom. The fraction of sp³-hybridized carbons (Fsp3) is 1.00. The summed E-state index contributed by atoms with van der Waals surface area (Å²) in [7, 11) is -3.22. The van der Waals surface area contributed by atoms with E-state index in [1.807, 2.05) is 27.7 Å². The Hall–Kier alpha value is -0.0900. The molecule has 0 unspecified atom stereocenters. The van der Waals surface area contributed by atoms with Crippen molar-refractivity contribution in [3.05, 3.63) is 0 Å². The van der Waals surface area contributed by atoms with Crippen LogP contribution in [0.3, 0.4) is 0 Å². The van der Waals surface area contributed by atoms with E-state index in [0.29, 0.717) is 12.3 Å². The van der Waals surface area contributed by atoms with E-state index >= 15 is 0 Å². The first-order valence-corrected chi connectivity index (χ1v) is 5.64. The van der Waals surface area contributed by atoms with E-state index in [4.69, 9.17) is 5.14 Å². The molecule has 0 aliphatic carbocycles. The summed E-state index contributed by atoms with van der Waals surface area (Å²) >= 11 is 0. The molecule has 0 aliphatic rings. The second kappa shape index (κ2) is 6.61. The van der Waals surface area contributed by atoms with E-state index in [0.717, 1.165) is 0 Å². The van der Waals surface area contributed by atoms with Crippen LogP contribution >= 0.6 is 0 Å². The highest BCUT2D eigenvalue weighted by Crippen LogP contribution is 1.99. The maximum absolute atomic E-state index is 10.3. The number of hydrogen-bond acceptors (Lipinski definition) is 2. The van der Waals surface area contributed by atoms with Crippen molar-refractivity contribution in [2.75, 3.05) is 5.75 Å². The van der Waals surface area contributed by atoms with Crippen molar-refractivity contribution >= 4 is 10.0 Å². The molecule has 2 N–H and O–H groups in total. The molecule has 0 spiro atoms. The van der Waals surface area contributed by atoms with Gasteiger partial charge in [-0.1, -0.05) is 27.7 Å². The van der Waals surface area contributed by atoms with Gasteiger partial charge in [0.15, 0.2) is 0 Å². The number of sulfonamides is 1. The summed E-state index contributed by atoms with van der Waals surface area (Å²) in [6.45, 7) is 7.93. The Bertz CT molecular complexity index is 161. The number of primary sulfonamides is 1. The van der Waals surface area contributed by atoms with Crippen LogP contribution in [0.1, 0.15) is 34.1 Å². The van der Waals surface area contributed by atoms with E-state index in [1.165, 1.54) is 0 Å². The van der Waals surface area contributed by atoms with Crippen LogP contribution in [0, 0.1) is 5.92 Å². The van der Waals surface area contributed by atoms with E-state index in [9.17, 15) is 8.42 Å². The summed E-state index contributed by atoms with van der Waals surface area (Å²) < 4.78 is 20.6. The minimum absolute atomic E-state index is 0.102. The molecule has 0 aromatic rings. The first kappa shape index (κ1) is 13.5. The summed E-state index contributed by atoms with van der Waals surface area (Å²) in [5.74, 6) is 0.508. The highest BCUT2D eigenvalue weighted by atomic mass is 32.2. The quantitative estimate of drug-likeness (QED) is 0.714. The van der Waals surface area contributed by atoms with Crippen LogP contribution in [0.2, 0.25) is 0 Å². The van der Waals surface area contributed by atoms with Gasteiger partial charge in [0.2, 0.25) is 10.0 Å². The fourth-order valence-corrected chi connectivity index (χ4v) is 1.20. The summed E-state index contributed by atoms with van der Waals surface area (Å²) in [5, 5.41) is 4.76. The molecule has 0 aliphatic heterocycles. The molecule has 0 saturated carbocycles. The van der Waals surface area contributed by atoms with Crippen molar-refractivity contribution in [3.8, 4) is 0 Å². The molecule has 0 fully saturated rings. The van der Waals surface area contributed by atoms with Crippen LogP contribution in [-0.4, -0.2) is 14.2 Å². The van der Waals surface area contributed by atoms with E-state index in [2.05, 4.69) is 0 Å². The van der Waals surface area contributed by atoms with Gasteiger partial charge in [0, 0.05) is 0 Å². The van der Waals surface area contributed by atoms with Crippen LogP contribution in [0.4, 0.5) is 0 Å². The molecule has 3 nitrogen and oxygen atoms in total. The summed E-state index contributed by atoms with van der Waals surface area (Å²) in [6.07, 6.45) is 0.652. The Kier molecular flexibility index (Phi) is 8.11. The smallest absolute Gasteiger partial charge is 0.209 e. The second-order valence-electron chi connectivity index (χ2n) is 2.55. The molecule has 0 atom stereocenters. The zero-order valence-corrected chi connectivity index (χ0v) is 8.61. The lowest BCUT2D eigenvalue weighted by Gasteiger charge is -2.00. The molecule has 70 valence electrons. The second-order valence-corrected chi connectivity index (χ2v) is 4.28. The summed E-state index contributed by atoms with van der Waals surface area (Å²) in [5.41, 5.74) is 0. The maximum Gasteiger partial charge on any atom is 0.209 e. The topological polar surface area (TPSA) is 60.2 Å². The minimum Gasteiger partial charge on any atom is -0.229 e. The lowest BCUT2D eigenvalue weighted by atomic mass is 10.2. The predicted octanol–water partition coefficient (Wildman–Crippen LogP) is 1.35. The molecule has 0 heterocycles. The molecular formula is C7H19NO2S. The molecule has 0 bridgehead atoms. The largest absolute Gasteiger partial charge is 0.229 e. The SMILES string of the molecule is CC.CC(C)CCS(N)(=O)=O. The van der Waals surface area contributed by atoms with Crippen molar-refractivity contribution in [1.82, 2.24) is 0 Å². The summed E-state index contributed by atoms with van der Waals surface area (Å²) in [4.78, 5) is 0. The Labute approximate surface area is 70.0 Å². The third-order valence-corrected chi connectivity index (χ3v) is 1.78. The predicted molar refractivity (Wildman–Crippen MR) is 48.8 cm³/mol. The van der Waals surface area contributed by atoms with Crippen molar-refractivity contribution in [2.24, 2.45) is 11.1 Å². The minimum atomic E-state index is -3.22. The van der Waals surface area contributed by atoms with E-state index in [-0.39, 0.29) is 5.75 Å².